The Hall–Kier alpha value is -4.25. The number of hydrogen-bond acceptors (Lipinski definition) is 4. The SMILES string of the molecule is C=Cc1ccc(N=Nc2c(O)c(C(=O)Nc3ccccc3)cc3ccccc23)cc1. The number of phenolic OH excluding ortho intramolecular Hbond substituents is 1. The third-order valence-corrected chi connectivity index (χ3v) is 4.67. The number of anilines is 1. The van der Waals surface area contributed by atoms with Gasteiger partial charge in [-0.3, -0.25) is 4.79 Å². The molecule has 0 fully saturated rings. The molecule has 0 aromatic heterocycles. The molecule has 4 rings (SSSR count). The summed E-state index contributed by atoms with van der Waals surface area (Å²) in [6.07, 6.45) is 1.75. The monoisotopic (exact) mass is 393 g/mol. The Morgan fingerprint density at radius 3 is 2.33 bits per heavy atom. The lowest BCUT2D eigenvalue weighted by Gasteiger charge is -2.11. The van der Waals surface area contributed by atoms with Crippen LogP contribution in [-0.4, -0.2) is 11.0 Å². The molecule has 4 aromatic rings. The number of carbonyl (C=O) groups excluding carboxylic acids is 1. The molecule has 5 heteroatoms. The maximum atomic E-state index is 12.8. The second-order valence-electron chi connectivity index (χ2n) is 6.66. The number of aromatic hydroxyl groups is 1. The average Bonchev–Trinajstić information content (AvgIpc) is 2.79. The van der Waals surface area contributed by atoms with E-state index < -0.39 is 5.91 Å². The van der Waals surface area contributed by atoms with E-state index in [9.17, 15) is 9.90 Å². The topological polar surface area (TPSA) is 74.0 Å². The van der Waals surface area contributed by atoms with Crippen LogP contribution in [-0.2, 0) is 0 Å². The average molecular weight is 393 g/mol. The molecule has 0 heterocycles. The molecule has 1 amide bonds. The molecule has 0 aliphatic heterocycles. The van der Waals surface area contributed by atoms with Gasteiger partial charge in [0.15, 0.2) is 5.75 Å². The molecule has 5 nitrogen and oxygen atoms in total. The van der Waals surface area contributed by atoms with E-state index in [1.54, 1.807) is 24.3 Å². The zero-order valence-electron chi connectivity index (χ0n) is 16.1. The van der Waals surface area contributed by atoms with E-state index in [2.05, 4.69) is 22.1 Å². The van der Waals surface area contributed by atoms with E-state index in [0.29, 0.717) is 16.8 Å². The van der Waals surface area contributed by atoms with Crippen molar-refractivity contribution in [2.24, 2.45) is 10.2 Å². The molecule has 0 spiro atoms. The number of amides is 1. The molecular formula is C25H19N3O2. The van der Waals surface area contributed by atoms with Crippen LogP contribution < -0.4 is 5.32 Å². The van der Waals surface area contributed by atoms with Crippen molar-refractivity contribution < 1.29 is 9.90 Å². The molecule has 0 aliphatic carbocycles. The second kappa shape index (κ2) is 8.41. The summed E-state index contributed by atoms with van der Waals surface area (Å²) in [5.41, 5.74) is 2.62. The number of carbonyl (C=O) groups is 1. The van der Waals surface area contributed by atoms with Crippen molar-refractivity contribution in [3.63, 3.8) is 0 Å². The first-order valence-corrected chi connectivity index (χ1v) is 9.41. The van der Waals surface area contributed by atoms with Gasteiger partial charge in [-0.05, 0) is 41.3 Å². The summed E-state index contributed by atoms with van der Waals surface area (Å²) in [5, 5.41) is 23.7. The van der Waals surface area contributed by atoms with Crippen molar-refractivity contribution in [3.05, 3.63) is 103 Å². The van der Waals surface area contributed by atoms with Crippen LogP contribution in [0.5, 0.6) is 5.75 Å². The Bertz CT molecular complexity index is 1250. The van der Waals surface area contributed by atoms with Crippen LogP contribution in [0.2, 0.25) is 0 Å². The van der Waals surface area contributed by atoms with E-state index in [1.807, 2.05) is 66.7 Å². The number of fused-ring (bicyclic) bond motifs is 1. The van der Waals surface area contributed by atoms with Gasteiger partial charge in [-0.15, -0.1) is 5.11 Å². The van der Waals surface area contributed by atoms with Crippen molar-refractivity contribution in [1.29, 1.82) is 0 Å². The minimum Gasteiger partial charge on any atom is -0.505 e. The van der Waals surface area contributed by atoms with Crippen molar-refractivity contribution >= 4 is 39.8 Å². The Morgan fingerprint density at radius 2 is 1.60 bits per heavy atom. The van der Waals surface area contributed by atoms with Gasteiger partial charge in [-0.25, -0.2) is 0 Å². The number of rotatable bonds is 5. The van der Waals surface area contributed by atoms with Crippen LogP contribution in [0.1, 0.15) is 15.9 Å². The summed E-state index contributed by atoms with van der Waals surface area (Å²) in [6, 6.07) is 25.5. The first kappa shape index (κ1) is 19.1. The molecule has 0 radical (unpaired) electrons. The highest BCUT2D eigenvalue weighted by Crippen LogP contribution is 2.39. The van der Waals surface area contributed by atoms with Gasteiger partial charge in [0.25, 0.3) is 5.91 Å². The van der Waals surface area contributed by atoms with Crippen LogP contribution in [0.25, 0.3) is 16.8 Å². The van der Waals surface area contributed by atoms with Crippen molar-refractivity contribution in [1.82, 2.24) is 0 Å². The third-order valence-electron chi connectivity index (χ3n) is 4.67. The molecule has 4 aromatic carbocycles. The molecule has 0 atom stereocenters. The second-order valence-corrected chi connectivity index (χ2v) is 6.66. The first-order chi connectivity index (χ1) is 14.7. The molecule has 0 saturated carbocycles. The Morgan fingerprint density at radius 1 is 0.900 bits per heavy atom. The lowest BCUT2D eigenvalue weighted by atomic mass is 10.0. The number of phenols is 1. The van der Waals surface area contributed by atoms with Crippen molar-refractivity contribution in [2.75, 3.05) is 5.32 Å². The number of azo groups is 1. The van der Waals surface area contributed by atoms with Crippen LogP contribution in [0, 0.1) is 0 Å². The van der Waals surface area contributed by atoms with Gasteiger partial charge in [0.05, 0.1) is 11.3 Å². The van der Waals surface area contributed by atoms with Crippen LogP contribution in [0.15, 0.2) is 102 Å². The number of nitrogens with zero attached hydrogens (tertiary/aromatic N) is 2. The highest BCUT2D eigenvalue weighted by atomic mass is 16.3. The smallest absolute Gasteiger partial charge is 0.259 e. The van der Waals surface area contributed by atoms with Gasteiger partial charge in [0.1, 0.15) is 5.69 Å². The predicted molar refractivity (Wildman–Crippen MR) is 121 cm³/mol. The maximum absolute atomic E-state index is 12.8. The highest BCUT2D eigenvalue weighted by Gasteiger charge is 2.18. The maximum Gasteiger partial charge on any atom is 0.259 e. The van der Waals surface area contributed by atoms with Gasteiger partial charge < -0.3 is 10.4 Å². The molecule has 0 unspecified atom stereocenters. The molecule has 146 valence electrons. The zero-order chi connectivity index (χ0) is 20.9. The Balaban J connectivity index is 1.76. The van der Waals surface area contributed by atoms with Crippen molar-refractivity contribution in [3.8, 4) is 5.75 Å². The first-order valence-electron chi connectivity index (χ1n) is 9.41. The molecule has 2 N–H and O–H groups in total. The normalized spacial score (nSPS) is 10.9. The van der Waals surface area contributed by atoms with Crippen LogP contribution >= 0.6 is 0 Å². The van der Waals surface area contributed by atoms with Gasteiger partial charge in [-0.2, -0.15) is 5.11 Å². The highest BCUT2D eigenvalue weighted by molar-refractivity contribution is 6.11. The number of hydrogen-bond donors (Lipinski definition) is 2. The summed E-state index contributed by atoms with van der Waals surface area (Å²) >= 11 is 0. The van der Waals surface area contributed by atoms with E-state index in [4.69, 9.17) is 0 Å². The molecule has 0 aliphatic rings. The van der Waals surface area contributed by atoms with E-state index in [1.165, 1.54) is 0 Å². The number of benzene rings is 4. The zero-order valence-corrected chi connectivity index (χ0v) is 16.1. The number of nitrogens with one attached hydrogen (secondary N) is 1. The van der Waals surface area contributed by atoms with E-state index in [0.717, 1.165) is 10.9 Å². The fraction of sp³-hybridized carbons (Fsp3) is 0. The molecule has 0 saturated heterocycles. The minimum atomic E-state index is -0.420. The standard InChI is InChI=1S/C25H19N3O2/c1-2-17-12-14-20(15-13-17)27-28-23-21-11-7-6-8-18(21)16-22(24(23)29)25(30)26-19-9-4-3-5-10-19/h2-16,29H,1H2,(H,26,30). The van der Waals surface area contributed by atoms with Crippen LogP contribution in [0.3, 0.4) is 0 Å². The third kappa shape index (κ3) is 3.95. The van der Waals surface area contributed by atoms with Crippen LogP contribution in [0.4, 0.5) is 17.1 Å². The summed E-state index contributed by atoms with van der Waals surface area (Å²) in [6.45, 7) is 3.73. The fourth-order valence-electron chi connectivity index (χ4n) is 3.10. The Labute approximate surface area is 174 Å². The largest absolute Gasteiger partial charge is 0.505 e. The quantitative estimate of drug-likeness (QED) is 0.364. The van der Waals surface area contributed by atoms with E-state index >= 15 is 0 Å². The fourth-order valence-corrected chi connectivity index (χ4v) is 3.10. The van der Waals surface area contributed by atoms with Gasteiger partial charge in [-0.1, -0.05) is 67.3 Å². The summed E-state index contributed by atoms with van der Waals surface area (Å²) in [7, 11) is 0. The van der Waals surface area contributed by atoms with Gasteiger partial charge in [0.2, 0.25) is 0 Å². The Kier molecular flexibility index (Phi) is 5.35. The van der Waals surface area contributed by atoms with E-state index in [-0.39, 0.29) is 17.0 Å². The molecular weight excluding hydrogens is 374 g/mol. The number of para-hydroxylation sites is 1. The summed E-state index contributed by atoms with van der Waals surface area (Å²) in [5.74, 6) is -0.634. The summed E-state index contributed by atoms with van der Waals surface area (Å²) < 4.78 is 0. The lowest BCUT2D eigenvalue weighted by molar-refractivity contribution is 0.102. The predicted octanol–water partition coefficient (Wildman–Crippen LogP) is 6.86. The molecule has 0 bridgehead atoms. The minimum absolute atomic E-state index is 0.133. The molecule has 30 heavy (non-hydrogen) atoms. The van der Waals surface area contributed by atoms with Gasteiger partial charge in [0, 0.05) is 11.1 Å². The lowest BCUT2D eigenvalue weighted by Crippen LogP contribution is -2.12. The van der Waals surface area contributed by atoms with Crippen molar-refractivity contribution in [2.45, 2.75) is 0 Å². The summed E-state index contributed by atoms with van der Waals surface area (Å²) in [4.78, 5) is 12.8. The van der Waals surface area contributed by atoms with Gasteiger partial charge >= 0.3 is 0 Å².